The van der Waals surface area contributed by atoms with Crippen molar-refractivity contribution in [2.75, 3.05) is 20.3 Å². The molecule has 0 bridgehead atoms. The van der Waals surface area contributed by atoms with Gasteiger partial charge in [-0.15, -0.1) is 0 Å². The van der Waals surface area contributed by atoms with Gasteiger partial charge in [0.05, 0.1) is 18.2 Å². The van der Waals surface area contributed by atoms with Crippen LogP contribution in [0, 0.1) is 15.3 Å². The number of carbonyl (C=O) groups excluding carboxylic acids is 1. The van der Waals surface area contributed by atoms with E-state index in [1.54, 1.807) is 12.1 Å². The number of ether oxygens (including phenoxy) is 3. The molecule has 0 aliphatic carbocycles. The van der Waals surface area contributed by atoms with E-state index in [-0.39, 0.29) is 15.9 Å². The summed E-state index contributed by atoms with van der Waals surface area (Å²) in [5.74, 6) is -1.57. The van der Waals surface area contributed by atoms with Crippen LogP contribution in [0.1, 0.15) is 0 Å². The minimum Gasteiger partial charge on any atom is -0.618 e. The Morgan fingerprint density at radius 3 is 2.48 bits per heavy atom. The lowest BCUT2D eigenvalue weighted by molar-refractivity contribution is -0.618. The minimum absolute atomic E-state index is 0.0677. The molecule has 0 aromatic carbocycles. The molecule has 0 amide bonds. The molecule has 2 heterocycles. The Kier molecular flexibility index (Phi) is 9.74. The molecule has 0 unspecified atom stereocenters. The van der Waals surface area contributed by atoms with Gasteiger partial charge >= 0.3 is 17.6 Å². The highest BCUT2D eigenvalue weighted by Gasteiger charge is 2.22. The molecule has 156 valence electrons. The van der Waals surface area contributed by atoms with E-state index in [4.69, 9.17) is 9.84 Å². The Morgan fingerprint density at radius 2 is 1.97 bits per heavy atom. The largest absolute Gasteiger partial charge is 0.618 e. The first-order valence-electron chi connectivity index (χ1n) is 7.37. The first-order valence-corrected chi connectivity index (χ1v) is 8.95. The summed E-state index contributed by atoms with van der Waals surface area (Å²) in [7, 11) is 1.31. The van der Waals surface area contributed by atoms with Crippen LogP contribution in [0.25, 0.3) is 0 Å². The Hall–Kier alpha value is -3.00. The van der Waals surface area contributed by atoms with Crippen LogP contribution in [-0.2, 0) is 14.3 Å². The van der Waals surface area contributed by atoms with Crippen molar-refractivity contribution in [2.45, 2.75) is 0 Å². The zero-order valence-corrected chi connectivity index (χ0v) is 17.8. The van der Waals surface area contributed by atoms with Gasteiger partial charge in [-0.2, -0.15) is 4.73 Å². The second-order valence-corrected chi connectivity index (χ2v) is 6.42. The van der Waals surface area contributed by atoms with Crippen molar-refractivity contribution in [3.63, 3.8) is 0 Å². The van der Waals surface area contributed by atoms with Crippen LogP contribution < -0.4 is 14.2 Å². The number of methoxy groups -OCH3 is 1. The smallest absolute Gasteiger partial charge is 0.343 e. The molecule has 0 fully saturated rings. The predicted octanol–water partition coefficient (Wildman–Crippen LogP) is 1.85. The Labute approximate surface area is 180 Å². The fourth-order valence-electron chi connectivity index (χ4n) is 1.52. The van der Waals surface area contributed by atoms with Crippen molar-refractivity contribution in [3.05, 3.63) is 55.1 Å². The lowest BCUT2D eigenvalue weighted by atomic mass is 10.4. The molecule has 2 rings (SSSR count). The number of nitro groups is 1. The van der Waals surface area contributed by atoms with Crippen LogP contribution in [0.15, 0.2) is 39.8 Å². The summed E-state index contributed by atoms with van der Waals surface area (Å²) in [5.41, 5.74) is -0.486. The normalized spacial score (nSPS) is 9.62. The number of carboxylic acid groups (broad SMARTS) is 1. The number of aliphatic carboxylic acids is 1. The van der Waals surface area contributed by atoms with E-state index in [0.717, 1.165) is 16.9 Å². The fourth-order valence-corrected chi connectivity index (χ4v) is 2.08. The van der Waals surface area contributed by atoms with Gasteiger partial charge in [0.25, 0.3) is 10.4 Å². The van der Waals surface area contributed by atoms with Crippen molar-refractivity contribution >= 4 is 49.5 Å². The van der Waals surface area contributed by atoms with Crippen LogP contribution >= 0.6 is 31.9 Å². The van der Waals surface area contributed by atoms with E-state index in [0.29, 0.717) is 5.75 Å². The summed E-state index contributed by atoms with van der Waals surface area (Å²) < 4.78 is 15.0. The molecule has 1 N–H and O–H groups in total. The lowest BCUT2D eigenvalue weighted by Crippen LogP contribution is -2.28. The second-order valence-electron chi connectivity index (χ2n) is 4.79. The molecule has 0 saturated carbocycles. The van der Waals surface area contributed by atoms with Crippen LogP contribution in [0.3, 0.4) is 0 Å². The third-order valence-electron chi connectivity index (χ3n) is 2.79. The first-order chi connectivity index (χ1) is 13.6. The number of esters is 1. The van der Waals surface area contributed by atoms with Gasteiger partial charge in [-0.05, 0) is 28.1 Å². The SMILES string of the molecule is COC(=O)COc1ccc(Br)nc1.O=C(O)COc1c[n+]([O-])c(Br)cc1[N+](=O)[O-]. The van der Waals surface area contributed by atoms with Gasteiger partial charge in [-0.1, -0.05) is 0 Å². The number of hydrogen-bond donors (Lipinski definition) is 1. The topological polar surface area (TPSA) is 165 Å². The summed E-state index contributed by atoms with van der Waals surface area (Å²) in [5, 5.41) is 30.0. The maximum absolute atomic E-state index is 11.1. The monoisotopic (exact) mass is 537 g/mol. The summed E-state index contributed by atoms with van der Waals surface area (Å²) in [4.78, 5) is 34.6. The van der Waals surface area contributed by atoms with Crippen molar-refractivity contribution in [2.24, 2.45) is 0 Å². The molecule has 2 aromatic rings. The third kappa shape index (κ3) is 8.69. The molecule has 2 aromatic heterocycles. The van der Waals surface area contributed by atoms with E-state index in [1.807, 2.05) is 0 Å². The number of nitrogens with zero attached hydrogens (tertiary/aromatic N) is 3. The molecule has 0 saturated heterocycles. The Morgan fingerprint density at radius 1 is 1.28 bits per heavy atom. The predicted molar refractivity (Wildman–Crippen MR) is 102 cm³/mol. The van der Waals surface area contributed by atoms with E-state index in [1.165, 1.54) is 13.3 Å². The van der Waals surface area contributed by atoms with Crippen LogP contribution in [0.2, 0.25) is 0 Å². The molecule has 29 heavy (non-hydrogen) atoms. The average molecular weight is 539 g/mol. The molecule has 0 radical (unpaired) electrons. The summed E-state index contributed by atoms with van der Waals surface area (Å²) >= 11 is 5.98. The number of carbonyl (C=O) groups is 2. The van der Waals surface area contributed by atoms with Gasteiger partial charge in [0, 0.05) is 15.9 Å². The number of rotatable bonds is 7. The quantitative estimate of drug-likeness (QED) is 0.137. The highest BCUT2D eigenvalue weighted by molar-refractivity contribution is 9.10. The van der Waals surface area contributed by atoms with E-state index >= 15 is 0 Å². The Balaban J connectivity index is 0.000000296. The van der Waals surface area contributed by atoms with Gasteiger partial charge in [-0.3, -0.25) is 10.1 Å². The van der Waals surface area contributed by atoms with Crippen molar-refractivity contribution < 1.29 is 38.6 Å². The van der Waals surface area contributed by atoms with Gasteiger partial charge in [0.15, 0.2) is 13.2 Å². The number of aromatic nitrogens is 2. The summed E-state index contributed by atoms with van der Waals surface area (Å²) in [6.45, 7) is -0.859. The molecule has 0 spiro atoms. The second kappa shape index (κ2) is 11.8. The van der Waals surface area contributed by atoms with Gasteiger partial charge in [0.1, 0.15) is 16.4 Å². The fraction of sp³-hybridized carbons (Fsp3) is 0.200. The third-order valence-corrected chi connectivity index (χ3v) is 3.83. The van der Waals surface area contributed by atoms with Crippen molar-refractivity contribution in [1.29, 1.82) is 0 Å². The summed E-state index contributed by atoms with van der Waals surface area (Å²) in [6, 6.07) is 4.37. The number of pyridine rings is 2. The van der Waals surface area contributed by atoms with Gasteiger partial charge in [-0.25, -0.2) is 14.6 Å². The molecule has 12 nitrogen and oxygen atoms in total. The van der Waals surface area contributed by atoms with Gasteiger partial charge < -0.3 is 24.5 Å². The molecule has 14 heteroatoms. The highest BCUT2D eigenvalue weighted by atomic mass is 79.9. The van der Waals surface area contributed by atoms with Crippen LogP contribution in [-0.4, -0.2) is 47.3 Å². The molecule has 0 aliphatic rings. The number of hydrogen-bond acceptors (Lipinski definition) is 9. The summed E-state index contributed by atoms with van der Waals surface area (Å²) in [6.07, 6.45) is 2.30. The van der Waals surface area contributed by atoms with E-state index in [2.05, 4.69) is 46.3 Å². The van der Waals surface area contributed by atoms with Crippen LogP contribution in [0.4, 0.5) is 5.69 Å². The first kappa shape index (κ1) is 24.0. The molecule has 0 aliphatic heterocycles. The lowest BCUT2D eigenvalue weighted by Gasteiger charge is -2.04. The zero-order chi connectivity index (χ0) is 22.0. The van der Waals surface area contributed by atoms with Crippen molar-refractivity contribution in [3.8, 4) is 11.5 Å². The number of halogens is 2. The highest BCUT2D eigenvalue weighted by Crippen LogP contribution is 2.27. The van der Waals surface area contributed by atoms with E-state index < -0.39 is 34.9 Å². The minimum atomic E-state index is -1.30. The maximum Gasteiger partial charge on any atom is 0.343 e. The maximum atomic E-state index is 11.1. The van der Waals surface area contributed by atoms with Gasteiger partial charge in [0.2, 0.25) is 6.20 Å². The average Bonchev–Trinajstić information content (AvgIpc) is 2.68. The van der Waals surface area contributed by atoms with Crippen molar-refractivity contribution in [1.82, 2.24) is 4.98 Å². The molecular weight excluding hydrogens is 526 g/mol. The van der Waals surface area contributed by atoms with Crippen LogP contribution in [0.5, 0.6) is 11.5 Å². The van der Waals surface area contributed by atoms with E-state index in [9.17, 15) is 24.9 Å². The molecular formula is C15H13Br2N3O9. The Bertz CT molecular complexity index is 878. The standard InChI is InChI=1S/C8H8BrNO3.C7H5BrN2O6/c1-12-8(11)5-13-6-2-3-7(9)10-4-6;8-6-1-4(10(14)15)5(2-9(6)13)16-3-7(11)12/h2-4H,5H2,1H3;1-2H,3H2,(H,11,12). The zero-order valence-electron chi connectivity index (χ0n) is 14.6. The number of carboxylic acids is 1. The molecule has 0 atom stereocenters.